The van der Waals surface area contributed by atoms with Crippen molar-refractivity contribution in [1.82, 2.24) is 15.5 Å². The lowest BCUT2D eigenvalue weighted by atomic mass is 10.1. The van der Waals surface area contributed by atoms with Gasteiger partial charge in [-0.25, -0.2) is 0 Å². The highest BCUT2D eigenvalue weighted by atomic mass is 32.2. The summed E-state index contributed by atoms with van der Waals surface area (Å²) in [6, 6.07) is 10.7. The first-order valence-electron chi connectivity index (χ1n) is 13.4. The van der Waals surface area contributed by atoms with Gasteiger partial charge in [-0.1, -0.05) is 41.8 Å². The van der Waals surface area contributed by atoms with Gasteiger partial charge in [0.05, 0.1) is 41.3 Å². The summed E-state index contributed by atoms with van der Waals surface area (Å²) in [4.78, 5) is 30.3. The molecule has 0 saturated heterocycles. The second kappa shape index (κ2) is 17.1. The van der Waals surface area contributed by atoms with Gasteiger partial charge in [0.25, 0.3) is 0 Å². The van der Waals surface area contributed by atoms with Crippen LogP contribution in [0.15, 0.2) is 52.9 Å². The van der Waals surface area contributed by atoms with Crippen LogP contribution in [0.3, 0.4) is 0 Å². The summed E-state index contributed by atoms with van der Waals surface area (Å²) in [5, 5.41) is 15.7. The minimum Gasteiger partial charge on any atom is -0.497 e. The second-order valence-electron chi connectivity index (χ2n) is 9.18. The molecule has 0 aliphatic heterocycles. The highest BCUT2D eigenvalue weighted by Crippen LogP contribution is 2.27. The van der Waals surface area contributed by atoms with Crippen molar-refractivity contribution in [3.63, 3.8) is 0 Å². The monoisotopic (exact) mass is 627 g/mol. The Bertz CT molecular complexity index is 1440. The number of unbranched alkanes of at least 4 members (excludes halogenated alkanes) is 1. The number of carbonyl (C=O) groups is 2. The molecule has 11 nitrogen and oxygen atoms in total. The highest BCUT2D eigenvalue weighted by Gasteiger charge is 2.15. The Labute approximate surface area is 260 Å². The summed E-state index contributed by atoms with van der Waals surface area (Å²) in [7, 11) is 7.89. The van der Waals surface area contributed by atoms with E-state index in [1.807, 2.05) is 0 Å². The Kier molecular flexibility index (Phi) is 13.3. The summed E-state index contributed by atoms with van der Waals surface area (Å²) >= 11 is 2.70. The summed E-state index contributed by atoms with van der Waals surface area (Å²) < 4.78 is 21.2. The fraction of sp³-hybridized carbons (Fsp3) is 0.367. The van der Waals surface area contributed by atoms with Crippen LogP contribution in [0, 0.1) is 0 Å². The first kappa shape index (κ1) is 33.4. The largest absolute Gasteiger partial charge is 0.497 e. The number of nitrogens with zero attached hydrogens (tertiary/aromatic N) is 3. The van der Waals surface area contributed by atoms with E-state index in [-0.39, 0.29) is 24.7 Å². The number of amidine groups is 1. The van der Waals surface area contributed by atoms with E-state index >= 15 is 0 Å². The van der Waals surface area contributed by atoms with E-state index in [4.69, 9.17) is 18.9 Å². The quantitative estimate of drug-likeness (QED) is 0.135. The van der Waals surface area contributed by atoms with Crippen molar-refractivity contribution in [3.05, 3.63) is 64.0 Å². The lowest BCUT2D eigenvalue weighted by molar-refractivity contribution is -0.119. The third-order valence-corrected chi connectivity index (χ3v) is 8.06. The Morgan fingerprint density at radius 3 is 2.05 bits per heavy atom. The Morgan fingerprint density at radius 1 is 0.884 bits per heavy atom. The van der Waals surface area contributed by atoms with E-state index in [0.29, 0.717) is 33.3 Å². The van der Waals surface area contributed by atoms with Crippen LogP contribution in [-0.2, 0) is 28.9 Å². The molecule has 0 saturated carbocycles. The standard InChI is InChI=1S/C30H37N5O6S2/c1-19(42-29(31-2)32-26(36)15-20-11-13-22(38-3)17-24(20)40-5)9-7-8-10-28-34-35-30(43-28)33-27(37)16-21-12-14-23(39-4)18-25(21)41-6/h11-14,17-18H,1,7-10,15-16H2,2-6H3,(H,31,32,36)(H,33,35,37). The molecule has 1 aromatic heterocycles. The van der Waals surface area contributed by atoms with Crippen LogP contribution in [0.25, 0.3) is 0 Å². The predicted molar refractivity (Wildman–Crippen MR) is 171 cm³/mol. The van der Waals surface area contributed by atoms with Gasteiger partial charge in [-0.15, -0.1) is 10.2 Å². The maximum Gasteiger partial charge on any atom is 0.230 e. The number of ether oxygens (including phenoxy) is 4. The molecule has 13 heteroatoms. The summed E-state index contributed by atoms with van der Waals surface area (Å²) in [5.74, 6) is 2.07. The minimum absolute atomic E-state index is 0.138. The van der Waals surface area contributed by atoms with Crippen molar-refractivity contribution in [1.29, 1.82) is 0 Å². The lowest BCUT2D eigenvalue weighted by Crippen LogP contribution is -2.30. The van der Waals surface area contributed by atoms with Crippen LogP contribution in [0.2, 0.25) is 0 Å². The van der Waals surface area contributed by atoms with Crippen LogP contribution in [-0.4, -0.2) is 62.7 Å². The van der Waals surface area contributed by atoms with Crippen molar-refractivity contribution < 1.29 is 28.5 Å². The molecular weight excluding hydrogens is 590 g/mol. The van der Waals surface area contributed by atoms with Gasteiger partial charge in [0.1, 0.15) is 28.0 Å². The van der Waals surface area contributed by atoms with Gasteiger partial charge >= 0.3 is 0 Å². The Balaban J connectivity index is 1.38. The summed E-state index contributed by atoms with van der Waals surface area (Å²) in [5.41, 5.74) is 1.49. The zero-order valence-electron chi connectivity index (χ0n) is 25.0. The van der Waals surface area contributed by atoms with Crippen molar-refractivity contribution in [3.8, 4) is 23.0 Å². The Morgan fingerprint density at radius 2 is 1.49 bits per heavy atom. The molecule has 230 valence electrons. The lowest BCUT2D eigenvalue weighted by Gasteiger charge is -2.12. The Hall–Kier alpha value is -4.10. The normalized spacial score (nSPS) is 11.0. The fourth-order valence-corrected chi connectivity index (χ4v) is 5.56. The van der Waals surface area contributed by atoms with Gasteiger partial charge in [-0.3, -0.25) is 14.6 Å². The molecule has 2 aromatic carbocycles. The number of methoxy groups -OCH3 is 4. The molecule has 1 heterocycles. The number of hydrogen-bond acceptors (Lipinski definition) is 11. The molecule has 0 spiro atoms. The van der Waals surface area contributed by atoms with E-state index in [1.54, 1.807) is 71.9 Å². The predicted octanol–water partition coefficient (Wildman–Crippen LogP) is 5.06. The van der Waals surface area contributed by atoms with Gasteiger partial charge in [0.15, 0.2) is 5.17 Å². The molecular formula is C30H37N5O6S2. The molecule has 0 unspecified atom stereocenters. The summed E-state index contributed by atoms with van der Waals surface area (Å²) in [6.07, 6.45) is 3.50. The number of rotatable bonds is 15. The minimum atomic E-state index is -0.205. The molecule has 0 atom stereocenters. The van der Waals surface area contributed by atoms with Crippen LogP contribution < -0.4 is 29.6 Å². The van der Waals surface area contributed by atoms with Gasteiger partial charge in [0, 0.05) is 36.7 Å². The number of benzene rings is 2. The molecule has 0 radical (unpaired) electrons. The smallest absolute Gasteiger partial charge is 0.230 e. The van der Waals surface area contributed by atoms with Crippen LogP contribution in [0.5, 0.6) is 23.0 Å². The maximum atomic E-state index is 12.6. The van der Waals surface area contributed by atoms with E-state index in [0.717, 1.165) is 46.7 Å². The molecule has 2 N–H and O–H groups in total. The number of hydrogen-bond donors (Lipinski definition) is 2. The third-order valence-electron chi connectivity index (χ3n) is 6.19. The van der Waals surface area contributed by atoms with Crippen LogP contribution in [0.4, 0.5) is 5.13 Å². The maximum absolute atomic E-state index is 12.6. The van der Waals surface area contributed by atoms with Crippen molar-refractivity contribution in [2.75, 3.05) is 40.8 Å². The molecule has 3 rings (SSSR count). The van der Waals surface area contributed by atoms with Crippen molar-refractivity contribution in [2.45, 2.75) is 38.5 Å². The van der Waals surface area contributed by atoms with Crippen LogP contribution >= 0.6 is 23.1 Å². The molecule has 0 aliphatic rings. The van der Waals surface area contributed by atoms with E-state index in [9.17, 15) is 9.59 Å². The van der Waals surface area contributed by atoms with E-state index in [1.165, 1.54) is 23.1 Å². The molecule has 0 bridgehead atoms. The topological polar surface area (TPSA) is 133 Å². The van der Waals surface area contributed by atoms with E-state index in [2.05, 4.69) is 32.4 Å². The number of aromatic nitrogens is 2. The first-order chi connectivity index (χ1) is 20.8. The molecule has 0 aliphatic carbocycles. The van der Waals surface area contributed by atoms with Crippen LogP contribution in [0.1, 0.15) is 35.4 Å². The third kappa shape index (κ3) is 10.6. The molecule has 0 fully saturated rings. The van der Waals surface area contributed by atoms with Gasteiger partial charge < -0.3 is 29.6 Å². The number of anilines is 1. The number of aliphatic imine (C=N–C) groups is 1. The molecule has 3 aromatic rings. The zero-order chi connectivity index (χ0) is 31.2. The SMILES string of the molecule is C=C(CCCCc1nnc(NC(=O)Cc2ccc(OC)cc2OC)s1)SC(=NC)NC(=O)Cc1ccc(OC)cc1OC. The average Bonchev–Trinajstić information content (AvgIpc) is 3.45. The first-order valence-corrected chi connectivity index (χ1v) is 15.1. The number of thioether (sulfide) groups is 1. The van der Waals surface area contributed by atoms with Gasteiger partial charge in [-0.05, 0) is 36.3 Å². The average molecular weight is 628 g/mol. The number of carbonyl (C=O) groups excluding carboxylic acids is 2. The molecule has 43 heavy (non-hydrogen) atoms. The second-order valence-corrected chi connectivity index (χ2v) is 11.4. The summed E-state index contributed by atoms with van der Waals surface area (Å²) in [6.45, 7) is 4.13. The highest BCUT2D eigenvalue weighted by molar-refractivity contribution is 8.17. The van der Waals surface area contributed by atoms with Crippen molar-refractivity contribution >= 4 is 45.2 Å². The van der Waals surface area contributed by atoms with Crippen molar-refractivity contribution in [2.24, 2.45) is 4.99 Å². The van der Waals surface area contributed by atoms with Gasteiger partial charge in [0.2, 0.25) is 16.9 Å². The van der Waals surface area contributed by atoms with Gasteiger partial charge in [-0.2, -0.15) is 0 Å². The molecule has 2 amide bonds. The number of amides is 2. The van der Waals surface area contributed by atoms with E-state index < -0.39 is 0 Å². The number of allylic oxidation sites excluding steroid dienone is 1. The zero-order valence-corrected chi connectivity index (χ0v) is 26.7. The number of nitrogens with one attached hydrogen (secondary N) is 2. The number of aryl methyl sites for hydroxylation is 1. The fourth-order valence-electron chi connectivity index (χ4n) is 3.99.